The first-order valence-electron chi connectivity index (χ1n) is 7.50. The summed E-state index contributed by atoms with van der Waals surface area (Å²) in [4.78, 5) is 0. The normalized spacial score (nSPS) is 11.9. The van der Waals surface area contributed by atoms with Gasteiger partial charge in [0.15, 0.2) is 11.5 Å². The van der Waals surface area contributed by atoms with Gasteiger partial charge in [-0.05, 0) is 29.3 Å². The van der Waals surface area contributed by atoms with E-state index in [1.807, 2.05) is 54.6 Å². The van der Waals surface area contributed by atoms with Crippen molar-refractivity contribution in [1.29, 1.82) is 0 Å². The van der Waals surface area contributed by atoms with Gasteiger partial charge in [0.1, 0.15) is 5.75 Å². The molecule has 0 saturated carbocycles. The molecule has 0 amide bonds. The van der Waals surface area contributed by atoms with Crippen LogP contribution in [0.4, 0.5) is 0 Å². The van der Waals surface area contributed by atoms with Crippen LogP contribution < -0.4 is 4.74 Å². The molecular weight excluding hydrogens is 324 g/mol. The quantitative estimate of drug-likeness (QED) is 0.522. The van der Waals surface area contributed by atoms with E-state index in [2.05, 4.69) is 0 Å². The highest BCUT2D eigenvalue weighted by Gasteiger charge is 2.22. The summed E-state index contributed by atoms with van der Waals surface area (Å²) in [6.45, 7) is 0. The Labute approximate surface area is 145 Å². The van der Waals surface area contributed by atoms with Gasteiger partial charge in [-0.2, -0.15) is 0 Å². The van der Waals surface area contributed by atoms with Gasteiger partial charge >= 0.3 is 0 Å². The molecule has 0 fully saturated rings. The summed E-state index contributed by atoms with van der Waals surface area (Å²) < 4.78 is 5.06. The number of halogens is 1. The Hall–Kier alpha value is -2.65. The minimum absolute atomic E-state index is 0.0137. The minimum Gasteiger partial charge on any atom is -0.507 e. The lowest BCUT2D eigenvalue weighted by Crippen LogP contribution is -2.04. The fraction of sp³-hybridized carbons (Fsp3) is 0.100. The maximum Gasteiger partial charge on any atom is 0.164 e. The fourth-order valence-corrected chi connectivity index (χ4v) is 2.95. The van der Waals surface area contributed by atoms with Crippen LogP contribution in [0.3, 0.4) is 0 Å². The van der Waals surface area contributed by atoms with Crippen LogP contribution in [0.5, 0.6) is 17.2 Å². The number of benzene rings is 3. The lowest BCUT2D eigenvalue weighted by molar-refractivity contribution is 0.367. The molecule has 0 aliphatic heterocycles. The number of methoxy groups -OCH3 is 1. The van der Waals surface area contributed by atoms with E-state index in [9.17, 15) is 10.2 Å². The van der Waals surface area contributed by atoms with Gasteiger partial charge in [0, 0.05) is 22.6 Å². The van der Waals surface area contributed by atoms with E-state index in [0.717, 1.165) is 11.1 Å². The fourth-order valence-electron chi connectivity index (χ4n) is 2.82. The van der Waals surface area contributed by atoms with Crippen molar-refractivity contribution in [3.8, 4) is 17.2 Å². The molecular formula is C20H17ClO3. The van der Waals surface area contributed by atoms with Gasteiger partial charge in [-0.3, -0.25) is 0 Å². The molecule has 0 spiro atoms. The number of phenols is 2. The predicted molar refractivity (Wildman–Crippen MR) is 95.2 cm³/mol. The summed E-state index contributed by atoms with van der Waals surface area (Å²) in [7, 11) is 1.45. The Balaban J connectivity index is 2.19. The molecule has 3 nitrogen and oxygen atoms in total. The SMILES string of the molecule is COc1cc(O)c(C(c2ccccc2)c2ccc(Cl)cc2)cc1O. The molecule has 0 aliphatic carbocycles. The summed E-state index contributed by atoms with van der Waals surface area (Å²) >= 11 is 6.00. The van der Waals surface area contributed by atoms with Crippen molar-refractivity contribution in [3.63, 3.8) is 0 Å². The molecule has 4 heteroatoms. The number of hydrogen-bond donors (Lipinski definition) is 2. The van der Waals surface area contributed by atoms with Crippen LogP contribution in [-0.4, -0.2) is 17.3 Å². The third kappa shape index (κ3) is 3.17. The van der Waals surface area contributed by atoms with Gasteiger partial charge in [-0.15, -0.1) is 0 Å². The van der Waals surface area contributed by atoms with Gasteiger partial charge in [-0.1, -0.05) is 54.1 Å². The highest BCUT2D eigenvalue weighted by Crippen LogP contribution is 2.42. The lowest BCUT2D eigenvalue weighted by atomic mass is 9.84. The minimum atomic E-state index is -0.236. The van der Waals surface area contributed by atoms with Gasteiger partial charge < -0.3 is 14.9 Å². The predicted octanol–water partition coefficient (Wildman–Crippen LogP) is 4.94. The molecule has 0 heterocycles. The molecule has 122 valence electrons. The van der Waals surface area contributed by atoms with E-state index in [1.54, 1.807) is 6.07 Å². The largest absolute Gasteiger partial charge is 0.507 e. The zero-order chi connectivity index (χ0) is 17.1. The standard InChI is InChI=1S/C20H17ClO3/c1-24-19-12-17(22)16(11-18(19)23)20(13-5-3-2-4-6-13)14-7-9-15(21)10-8-14/h2-12,20,22-23H,1H3. The highest BCUT2D eigenvalue weighted by molar-refractivity contribution is 6.30. The van der Waals surface area contributed by atoms with Crippen molar-refractivity contribution in [2.75, 3.05) is 7.11 Å². The second kappa shape index (κ2) is 6.85. The smallest absolute Gasteiger partial charge is 0.164 e. The lowest BCUT2D eigenvalue weighted by Gasteiger charge is -2.21. The molecule has 1 unspecified atom stereocenters. The Kier molecular flexibility index (Phi) is 4.63. The summed E-state index contributed by atoms with van der Waals surface area (Å²) in [5.74, 6) is 0.0492. The molecule has 0 radical (unpaired) electrons. The van der Waals surface area contributed by atoms with E-state index < -0.39 is 0 Å². The molecule has 0 saturated heterocycles. The summed E-state index contributed by atoms with van der Waals surface area (Å²) in [6, 6.07) is 20.2. The molecule has 2 N–H and O–H groups in total. The Morgan fingerprint density at radius 3 is 2.08 bits per heavy atom. The molecule has 0 aromatic heterocycles. The molecule has 0 aliphatic rings. The van der Waals surface area contributed by atoms with E-state index in [1.165, 1.54) is 13.2 Å². The summed E-state index contributed by atoms with van der Waals surface area (Å²) in [5.41, 5.74) is 2.56. The van der Waals surface area contributed by atoms with Gasteiger partial charge in [0.2, 0.25) is 0 Å². The van der Waals surface area contributed by atoms with Gasteiger partial charge in [-0.25, -0.2) is 0 Å². The molecule has 1 atom stereocenters. The van der Waals surface area contributed by atoms with Crippen LogP contribution in [0.1, 0.15) is 22.6 Å². The first-order chi connectivity index (χ1) is 11.6. The molecule has 3 rings (SSSR count). The molecule has 3 aromatic rings. The topological polar surface area (TPSA) is 49.7 Å². The second-order valence-corrected chi connectivity index (χ2v) is 5.91. The highest BCUT2D eigenvalue weighted by atomic mass is 35.5. The Morgan fingerprint density at radius 1 is 0.833 bits per heavy atom. The second-order valence-electron chi connectivity index (χ2n) is 5.48. The molecule has 24 heavy (non-hydrogen) atoms. The van der Waals surface area contributed by atoms with Gasteiger partial charge in [0.25, 0.3) is 0 Å². The van der Waals surface area contributed by atoms with Crippen molar-refractivity contribution >= 4 is 11.6 Å². The average Bonchev–Trinajstić information content (AvgIpc) is 2.60. The van der Waals surface area contributed by atoms with Crippen LogP contribution in [-0.2, 0) is 0 Å². The average molecular weight is 341 g/mol. The van der Waals surface area contributed by atoms with E-state index in [4.69, 9.17) is 16.3 Å². The van der Waals surface area contributed by atoms with Crippen LogP contribution in [0.25, 0.3) is 0 Å². The zero-order valence-electron chi connectivity index (χ0n) is 13.1. The maximum atomic E-state index is 10.5. The van der Waals surface area contributed by atoms with Crippen molar-refractivity contribution in [2.24, 2.45) is 0 Å². The van der Waals surface area contributed by atoms with Crippen molar-refractivity contribution < 1.29 is 14.9 Å². The first kappa shape index (κ1) is 16.2. The molecule has 3 aromatic carbocycles. The number of rotatable bonds is 4. The van der Waals surface area contributed by atoms with Crippen molar-refractivity contribution in [3.05, 3.63) is 88.4 Å². The Morgan fingerprint density at radius 2 is 1.46 bits per heavy atom. The summed E-state index contributed by atoms with van der Waals surface area (Å²) in [5, 5.41) is 21.3. The van der Waals surface area contributed by atoms with Crippen molar-refractivity contribution in [1.82, 2.24) is 0 Å². The van der Waals surface area contributed by atoms with E-state index in [0.29, 0.717) is 10.6 Å². The number of ether oxygens (including phenoxy) is 1. The number of hydrogen-bond acceptors (Lipinski definition) is 3. The van der Waals surface area contributed by atoms with Crippen LogP contribution in [0, 0.1) is 0 Å². The number of phenolic OH excluding ortho intramolecular Hbond substituents is 2. The Bertz CT molecular complexity index is 830. The van der Waals surface area contributed by atoms with Gasteiger partial charge in [0.05, 0.1) is 7.11 Å². The number of aromatic hydroxyl groups is 2. The maximum absolute atomic E-state index is 10.5. The third-order valence-electron chi connectivity index (χ3n) is 3.98. The van der Waals surface area contributed by atoms with E-state index in [-0.39, 0.29) is 23.2 Å². The monoisotopic (exact) mass is 340 g/mol. The van der Waals surface area contributed by atoms with Crippen LogP contribution >= 0.6 is 11.6 Å². The van der Waals surface area contributed by atoms with E-state index >= 15 is 0 Å². The summed E-state index contributed by atoms with van der Waals surface area (Å²) in [6.07, 6.45) is 0. The third-order valence-corrected chi connectivity index (χ3v) is 4.23. The zero-order valence-corrected chi connectivity index (χ0v) is 13.9. The molecule has 0 bridgehead atoms. The van der Waals surface area contributed by atoms with Crippen molar-refractivity contribution in [2.45, 2.75) is 5.92 Å². The first-order valence-corrected chi connectivity index (χ1v) is 7.88. The van der Waals surface area contributed by atoms with Crippen LogP contribution in [0.2, 0.25) is 5.02 Å². The van der Waals surface area contributed by atoms with Crippen LogP contribution in [0.15, 0.2) is 66.7 Å².